The minimum atomic E-state index is -1.10. The van der Waals surface area contributed by atoms with Gasteiger partial charge in [-0.05, 0) is 24.1 Å². The van der Waals surface area contributed by atoms with E-state index in [1.807, 2.05) is 6.92 Å². The first-order valence-electron chi connectivity index (χ1n) is 6.63. The second-order valence-corrected chi connectivity index (χ2v) is 4.67. The van der Waals surface area contributed by atoms with E-state index < -0.39 is 24.4 Å². The summed E-state index contributed by atoms with van der Waals surface area (Å²) in [6, 6.07) is 4.93. The van der Waals surface area contributed by atoms with Crippen LogP contribution in [0.2, 0.25) is 0 Å². The van der Waals surface area contributed by atoms with Crippen LogP contribution < -0.4 is 5.76 Å². The SMILES string of the molecule is CCCn1c(=O)oc2cc(C(O)COCC(=O)O)ccc21. The molecule has 2 rings (SSSR count). The zero-order valence-electron chi connectivity index (χ0n) is 11.6. The number of ether oxygens (including phenoxy) is 1. The fourth-order valence-electron chi connectivity index (χ4n) is 2.08. The number of aryl methyl sites for hydroxylation is 1. The van der Waals surface area contributed by atoms with Crippen molar-refractivity contribution in [2.24, 2.45) is 0 Å². The lowest BCUT2D eigenvalue weighted by Gasteiger charge is -2.10. The molecule has 0 saturated heterocycles. The molecule has 2 N–H and O–H groups in total. The maximum Gasteiger partial charge on any atom is 0.419 e. The van der Waals surface area contributed by atoms with Crippen molar-refractivity contribution in [1.29, 1.82) is 0 Å². The first kappa shape index (κ1) is 15.3. The van der Waals surface area contributed by atoms with E-state index in [9.17, 15) is 14.7 Å². The minimum Gasteiger partial charge on any atom is -0.480 e. The number of hydrogen-bond acceptors (Lipinski definition) is 5. The summed E-state index contributed by atoms with van der Waals surface area (Å²) in [5.41, 5.74) is 1.57. The van der Waals surface area contributed by atoms with Gasteiger partial charge in [-0.1, -0.05) is 13.0 Å². The highest BCUT2D eigenvalue weighted by molar-refractivity contribution is 5.73. The highest BCUT2D eigenvalue weighted by atomic mass is 16.5. The zero-order chi connectivity index (χ0) is 15.4. The molecule has 2 aromatic rings. The Morgan fingerprint density at radius 2 is 2.24 bits per heavy atom. The maximum atomic E-state index is 11.7. The molecule has 7 nitrogen and oxygen atoms in total. The lowest BCUT2D eigenvalue weighted by atomic mass is 10.1. The van der Waals surface area contributed by atoms with Crippen LogP contribution in [0.1, 0.15) is 25.0 Å². The number of rotatable bonds is 7. The molecule has 0 aliphatic rings. The van der Waals surface area contributed by atoms with Gasteiger partial charge in [0.05, 0.1) is 12.1 Å². The van der Waals surface area contributed by atoms with Crippen LogP contribution in [0.3, 0.4) is 0 Å². The number of benzene rings is 1. The molecule has 0 aliphatic carbocycles. The van der Waals surface area contributed by atoms with Crippen molar-refractivity contribution in [2.75, 3.05) is 13.2 Å². The van der Waals surface area contributed by atoms with Crippen LogP contribution in [0.15, 0.2) is 27.4 Å². The number of carbonyl (C=O) groups is 1. The molecule has 0 spiro atoms. The highest BCUT2D eigenvalue weighted by Crippen LogP contribution is 2.20. The number of fused-ring (bicyclic) bond motifs is 1. The number of aliphatic carboxylic acids is 1. The van der Waals surface area contributed by atoms with E-state index in [2.05, 4.69) is 0 Å². The molecule has 1 aromatic heterocycles. The molecule has 7 heteroatoms. The molecule has 1 unspecified atom stereocenters. The summed E-state index contributed by atoms with van der Waals surface area (Å²) in [4.78, 5) is 22.0. The van der Waals surface area contributed by atoms with E-state index in [1.54, 1.807) is 18.2 Å². The number of aliphatic hydroxyl groups excluding tert-OH is 1. The predicted octanol–water partition coefficient (Wildman–Crippen LogP) is 1.14. The van der Waals surface area contributed by atoms with Gasteiger partial charge in [0.2, 0.25) is 0 Å². The Hall–Kier alpha value is -2.12. The van der Waals surface area contributed by atoms with E-state index in [0.29, 0.717) is 23.2 Å². The molecule has 0 bridgehead atoms. The molecular formula is C14H17NO6. The summed E-state index contributed by atoms with van der Waals surface area (Å²) >= 11 is 0. The van der Waals surface area contributed by atoms with Gasteiger partial charge in [-0.3, -0.25) is 4.57 Å². The van der Waals surface area contributed by atoms with E-state index in [1.165, 1.54) is 4.57 Å². The largest absolute Gasteiger partial charge is 0.480 e. The van der Waals surface area contributed by atoms with Crippen molar-refractivity contribution in [3.05, 3.63) is 34.3 Å². The van der Waals surface area contributed by atoms with Crippen LogP contribution in [0, 0.1) is 0 Å². The van der Waals surface area contributed by atoms with Gasteiger partial charge in [-0.2, -0.15) is 0 Å². The third-order valence-electron chi connectivity index (χ3n) is 3.03. The van der Waals surface area contributed by atoms with Crippen LogP contribution >= 0.6 is 0 Å². The van der Waals surface area contributed by atoms with Crippen LogP contribution in [0.5, 0.6) is 0 Å². The average Bonchev–Trinajstić information content (AvgIpc) is 2.74. The summed E-state index contributed by atoms with van der Waals surface area (Å²) in [5, 5.41) is 18.4. The third kappa shape index (κ3) is 3.50. The number of aliphatic hydroxyl groups is 1. The molecular weight excluding hydrogens is 278 g/mol. The summed E-state index contributed by atoms with van der Waals surface area (Å²) in [6.45, 7) is 1.91. The first-order chi connectivity index (χ1) is 10.0. The Kier molecular flexibility index (Phi) is 4.77. The molecule has 0 fully saturated rings. The Labute approximate surface area is 120 Å². The van der Waals surface area contributed by atoms with Crippen molar-refractivity contribution in [3.8, 4) is 0 Å². The minimum absolute atomic E-state index is 0.141. The van der Waals surface area contributed by atoms with Crippen LogP contribution in [-0.4, -0.2) is 34.0 Å². The van der Waals surface area contributed by atoms with Crippen molar-refractivity contribution in [1.82, 2.24) is 4.57 Å². The first-order valence-corrected chi connectivity index (χ1v) is 6.63. The smallest absolute Gasteiger partial charge is 0.419 e. The topological polar surface area (TPSA) is 102 Å². The third-order valence-corrected chi connectivity index (χ3v) is 3.03. The molecule has 0 aliphatic heterocycles. The van der Waals surface area contributed by atoms with Gasteiger partial charge >= 0.3 is 11.7 Å². The summed E-state index contributed by atoms with van der Waals surface area (Å²) in [7, 11) is 0. The maximum absolute atomic E-state index is 11.7. The van der Waals surface area contributed by atoms with Crippen LogP contribution in [0.4, 0.5) is 0 Å². The number of oxazole rings is 1. The zero-order valence-corrected chi connectivity index (χ0v) is 11.6. The van der Waals surface area contributed by atoms with Crippen LogP contribution in [-0.2, 0) is 16.1 Å². The molecule has 0 radical (unpaired) electrons. The Morgan fingerprint density at radius 3 is 2.90 bits per heavy atom. The Balaban J connectivity index is 2.19. The molecule has 1 heterocycles. The number of nitrogens with zero attached hydrogens (tertiary/aromatic N) is 1. The van der Waals surface area contributed by atoms with Gasteiger partial charge in [-0.15, -0.1) is 0 Å². The lowest BCUT2D eigenvalue weighted by molar-refractivity contribution is -0.143. The van der Waals surface area contributed by atoms with Crippen molar-refractivity contribution >= 4 is 17.1 Å². The Morgan fingerprint density at radius 1 is 1.48 bits per heavy atom. The summed E-state index contributed by atoms with van der Waals surface area (Å²) in [5.74, 6) is -1.53. The van der Waals surface area contributed by atoms with E-state index >= 15 is 0 Å². The van der Waals surface area contributed by atoms with Gasteiger partial charge < -0.3 is 19.4 Å². The number of hydrogen-bond donors (Lipinski definition) is 2. The summed E-state index contributed by atoms with van der Waals surface area (Å²) in [6.07, 6.45) is -0.171. The second-order valence-electron chi connectivity index (χ2n) is 4.67. The molecule has 0 amide bonds. The Bertz CT molecular complexity index is 686. The summed E-state index contributed by atoms with van der Waals surface area (Å²) < 4.78 is 11.5. The van der Waals surface area contributed by atoms with Crippen LogP contribution in [0.25, 0.3) is 11.1 Å². The molecule has 1 aromatic carbocycles. The van der Waals surface area contributed by atoms with E-state index in [4.69, 9.17) is 14.3 Å². The van der Waals surface area contributed by atoms with E-state index in [0.717, 1.165) is 6.42 Å². The van der Waals surface area contributed by atoms with Gasteiger partial charge in [0.1, 0.15) is 12.7 Å². The second kappa shape index (κ2) is 6.55. The molecule has 1 atom stereocenters. The average molecular weight is 295 g/mol. The van der Waals surface area contributed by atoms with Gasteiger partial charge in [0, 0.05) is 6.54 Å². The van der Waals surface area contributed by atoms with Gasteiger partial charge in [0.15, 0.2) is 5.58 Å². The van der Waals surface area contributed by atoms with Gasteiger partial charge in [-0.25, -0.2) is 9.59 Å². The number of carboxylic acid groups (broad SMARTS) is 1. The fourth-order valence-corrected chi connectivity index (χ4v) is 2.08. The van der Waals surface area contributed by atoms with Gasteiger partial charge in [0.25, 0.3) is 0 Å². The van der Waals surface area contributed by atoms with Crippen molar-refractivity contribution in [3.63, 3.8) is 0 Å². The lowest BCUT2D eigenvalue weighted by Crippen LogP contribution is -2.13. The molecule has 0 saturated carbocycles. The highest BCUT2D eigenvalue weighted by Gasteiger charge is 2.13. The normalized spacial score (nSPS) is 12.7. The van der Waals surface area contributed by atoms with E-state index in [-0.39, 0.29) is 6.61 Å². The molecule has 21 heavy (non-hydrogen) atoms. The standard InChI is InChI=1S/C14H17NO6/c1-2-5-15-10-4-3-9(6-12(10)21-14(15)19)11(16)7-20-8-13(17)18/h3-4,6,11,16H,2,5,7-8H2,1H3,(H,17,18). The van der Waals surface area contributed by atoms with Crippen molar-refractivity contribution in [2.45, 2.75) is 26.0 Å². The number of carboxylic acids is 1. The molecule has 114 valence electrons. The number of aromatic nitrogens is 1. The quantitative estimate of drug-likeness (QED) is 0.794. The fraction of sp³-hybridized carbons (Fsp3) is 0.429. The monoisotopic (exact) mass is 295 g/mol. The predicted molar refractivity (Wildman–Crippen MR) is 74.2 cm³/mol. The van der Waals surface area contributed by atoms with Crippen molar-refractivity contribution < 1.29 is 24.2 Å².